The monoisotopic (exact) mass is 537 g/mol. The number of benzene rings is 3. The largest absolute Gasteiger partial charge is 0.497 e. The highest BCUT2D eigenvalue weighted by Gasteiger charge is 2.28. The second kappa shape index (κ2) is 11.7. The standard InChI is InChI=1S/C33H35N3O4/c1-5-24-9-11-26(12-10-24)32(37)34-17-19-35(20-18-34)33(38)30-22-31(25-13-15-28(39-3)16-14-25)36(23(30)2)27-7-6-8-29(21-27)40-4/h6-16,21-22H,5,17-20H2,1-4H3. The maximum absolute atomic E-state index is 13.9. The van der Waals surface area contributed by atoms with Crippen LogP contribution in [-0.2, 0) is 6.42 Å². The number of hydrogen-bond donors (Lipinski definition) is 0. The second-order valence-electron chi connectivity index (χ2n) is 9.93. The number of piperazine rings is 1. The van der Waals surface area contributed by atoms with E-state index in [0.717, 1.165) is 40.6 Å². The van der Waals surface area contributed by atoms with Crippen molar-refractivity contribution >= 4 is 11.8 Å². The fourth-order valence-electron chi connectivity index (χ4n) is 5.23. The lowest BCUT2D eigenvalue weighted by atomic mass is 10.1. The molecule has 3 aromatic carbocycles. The molecule has 1 aliphatic rings. The summed E-state index contributed by atoms with van der Waals surface area (Å²) in [5.41, 5.74) is 6.16. The first kappa shape index (κ1) is 27.1. The van der Waals surface area contributed by atoms with Crippen molar-refractivity contribution in [3.05, 3.63) is 101 Å². The molecule has 0 N–H and O–H groups in total. The summed E-state index contributed by atoms with van der Waals surface area (Å²) in [6.45, 7) is 6.04. The van der Waals surface area contributed by atoms with Crippen molar-refractivity contribution < 1.29 is 19.1 Å². The summed E-state index contributed by atoms with van der Waals surface area (Å²) in [4.78, 5) is 30.6. The molecule has 7 heteroatoms. The van der Waals surface area contributed by atoms with Crippen LogP contribution >= 0.6 is 0 Å². The van der Waals surface area contributed by atoms with Crippen LogP contribution in [0, 0.1) is 6.92 Å². The third-order valence-corrected chi connectivity index (χ3v) is 7.64. The zero-order valence-electron chi connectivity index (χ0n) is 23.5. The highest BCUT2D eigenvalue weighted by atomic mass is 16.5. The van der Waals surface area contributed by atoms with Crippen molar-refractivity contribution in [2.24, 2.45) is 0 Å². The molecular weight excluding hydrogens is 502 g/mol. The molecule has 1 aliphatic heterocycles. The number of aryl methyl sites for hydroxylation is 1. The Kier molecular flexibility index (Phi) is 7.91. The summed E-state index contributed by atoms with van der Waals surface area (Å²) in [7, 11) is 3.29. The van der Waals surface area contributed by atoms with Crippen LogP contribution in [0.2, 0.25) is 0 Å². The average Bonchev–Trinajstić information content (AvgIpc) is 3.37. The minimum absolute atomic E-state index is 0.0110. The number of aromatic nitrogens is 1. The molecule has 1 saturated heterocycles. The van der Waals surface area contributed by atoms with Gasteiger partial charge in [-0.05, 0) is 79.1 Å². The molecule has 4 aromatic rings. The van der Waals surface area contributed by atoms with Crippen LogP contribution in [0.1, 0.15) is 38.9 Å². The number of amides is 2. The molecule has 0 atom stereocenters. The molecule has 0 spiro atoms. The van der Waals surface area contributed by atoms with Crippen LogP contribution in [0.15, 0.2) is 78.9 Å². The molecular formula is C33H35N3O4. The van der Waals surface area contributed by atoms with Crippen LogP contribution in [0.4, 0.5) is 0 Å². The van der Waals surface area contributed by atoms with Crippen LogP contribution in [0.25, 0.3) is 16.9 Å². The molecule has 0 radical (unpaired) electrons. The molecule has 0 saturated carbocycles. The average molecular weight is 538 g/mol. The molecule has 0 unspecified atom stereocenters. The van der Waals surface area contributed by atoms with Crippen LogP contribution in [0.5, 0.6) is 11.5 Å². The quantitative estimate of drug-likeness (QED) is 0.307. The first-order valence-electron chi connectivity index (χ1n) is 13.6. The Bertz CT molecular complexity index is 1500. The lowest BCUT2D eigenvalue weighted by molar-refractivity contribution is 0.0535. The van der Waals surface area contributed by atoms with E-state index in [1.165, 1.54) is 5.56 Å². The van der Waals surface area contributed by atoms with Crippen molar-refractivity contribution in [3.63, 3.8) is 0 Å². The lowest BCUT2D eigenvalue weighted by Gasteiger charge is -2.35. The zero-order valence-corrected chi connectivity index (χ0v) is 23.5. The highest BCUT2D eigenvalue weighted by Crippen LogP contribution is 2.32. The minimum atomic E-state index is -0.0340. The second-order valence-corrected chi connectivity index (χ2v) is 9.93. The summed E-state index contributed by atoms with van der Waals surface area (Å²) in [5, 5.41) is 0. The fourth-order valence-corrected chi connectivity index (χ4v) is 5.23. The van der Waals surface area contributed by atoms with Gasteiger partial charge in [0.2, 0.25) is 0 Å². The molecule has 0 aliphatic carbocycles. The minimum Gasteiger partial charge on any atom is -0.497 e. The molecule has 0 bridgehead atoms. The number of methoxy groups -OCH3 is 2. The SMILES string of the molecule is CCc1ccc(C(=O)N2CCN(C(=O)c3cc(-c4ccc(OC)cc4)n(-c4cccc(OC)c4)c3C)CC2)cc1. The van der Waals surface area contributed by atoms with Gasteiger partial charge in [-0.25, -0.2) is 0 Å². The van der Waals surface area contributed by atoms with Gasteiger partial charge in [0.05, 0.1) is 25.5 Å². The van der Waals surface area contributed by atoms with Crippen molar-refractivity contribution in [1.29, 1.82) is 0 Å². The first-order valence-corrected chi connectivity index (χ1v) is 13.6. The van der Waals surface area contributed by atoms with Crippen LogP contribution in [0.3, 0.4) is 0 Å². The number of rotatable bonds is 7. The van der Waals surface area contributed by atoms with Gasteiger partial charge >= 0.3 is 0 Å². The number of nitrogens with zero attached hydrogens (tertiary/aromatic N) is 3. The van der Waals surface area contributed by atoms with E-state index in [4.69, 9.17) is 9.47 Å². The Morgan fingerprint density at radius 1 is 0.750 bits per heavy atom. The van der Waals surface area contributed by atoms with E-state index >= 15 is 0 Å². The molecule has 1 fully saturated rings. The van der Waals surface area contributed by atoms with Gasteiger partial charge in [0, 0.05) is 49.2 Å². The number of hydrogen-bond acceptors (Lipinski definition) is 4. The molecule has 7 nitrogen and oxygen atoms in total. The van der Waals surface area contributed by atoms with E-state index in [0.29, 0.717) is 37.3 Å². The van der Waals surface area contributed by atoms with E-state index in [1.807, 2.05) is 95.6 Å². The molecule has 2 amide bonds. The Balaban J connectivity index is 1.41. The van der Waals surface area contributed by atoms with Crippen LogP contribution < -0.4 is 9.47 Å². The van der Waals surface area contributed by atoms with Crippen molar-refractivity contribution in [1.82, 2.24) is 14.4 Å². The van der Waals surface area contributed by atoms with Crippen molar-refractivity contribution in [2.75, 3.05) is 40.4 Å². The Hall–Kier alpha value is -4.52. The number of carbonyl (C=O) groups excluding carboxylic acids is 2. The van der Waals surface area contributed by atoms with Gasteiger partial charge in [-0.1, -0.05) is 25.1 Å². The Morgan fingerprint density at radius 3 is 1.98 bits per heavy atom. The predicted octanol–water partition coefficient (Wildman–Crippen LogP) is 5.63. The predicted molar refractivity (Wildman–Crippen MR) is 157 cm³/mol. The van der Waals surface area contributed by atoms with Gasteiger partial charge in [-0.3, -0.25) is 9.59 Å². The smallest absolute Gasteiger partial charge is 0.255 e. The summed E-state index contributed by atoms with van der Waals surface area (Å²) >= 11 is 0. The summed E-state index contributed by atoms with van der Waals surface area (Å²) in [6.07, 6.45) is 0.939. The van der Waals surface area contributed by atoms with E-state index in [1.54, 1.807) is 14.2 Å². The van der Waals surface area contributed by atoms with Gasteiger partial charge in [0.15, 0.2) is 0 Å². The van der Waals surface area contributed by atoms with Crippen molar-refractivity contribution in [3.8, 4) is 28.4 Å². The van der Waals surface area contributed by atoms with Gasteiger partial charge in [0.1, 0.15) is 11.5 Å². The molecule has 2 heterocycles. The first-order chi connectivity index (χ1) is 19.4. The summed E-state index contributed by atoms with van der Waals surface area (Å²) in [5.74, 6) is 1.49. The molecule has 40 heavy (non-hydrogen) atoms. The lowest BCUT2D eigenvalue weighted by Crippen LogP contribution is -2.50. The maximum atomic E-state index is 13.9. The zero-order chi connectivity index (χ0) is 28.2. The number of carbonyl (C=O) groups is 2. The molecule has 206 valence electrons. The third-order valence-electron chi connectivity index (χ3n) is 7.64. The van der Waals surface area contributed by atoms with E-state index in [9.17, 15) is 9.59 Å². The van der Waals surface area contributed by atoms with E-state index < -0.39 is 0 Å². The van der Waals surface area contributed by atoms with E-state index in [-0.39, 0.29) is 11.8 Å². The summed E-state index contributed by atoms with van der Waals surface area (Å²) in [6, 6.07) is 25.4. The van der Waals surface area contributed by atoms with Gasteiger partial charge in [-0.2, -0.15) is 0 Å². The normalized spacial score (nSPS) is 13.3. The van der Waals surface area contributed by atoms with E-state index in [2.05, 4.69) is 11.5 Å². The van der Waals surface area contributed by atoms with Crippen LogP contribution in [-0.4, -0.2) is 66.6 Å². The van der Waals surface area contributed by atoms with Gasteiger partial charge < -0.3 is 23.8 Å². The Labute approximate surface area is 235 Å². The highest BCUT2D eigenvalue weighted by molar-refractivity contribution is 5.98. The topological polar surface area (TPSA) is 64.0 Å². The maximum Gasteiger partial charge on any atom is 0.255 e. The van der Waals surface area contributed by atoms with Gasteiger partial charge in [0.25, 0.3) is 11.8 Å². The molecule has 1 aromatic heterocycles. The Morgan fingerprint density at radius 2 is 1.38 bits per heavy atom. The molecule has 5 rings (SSSR count). The van der Waals surface area contributed by atoms with Crippen molar-refractivity contribution in [2.45, 2.75) is 20.3 Å². The third kappa shape index (κ3) is 5.32. The number of ether oxygens (including phenoxy) is 2. The summed E-state index contributed by atoms with van der Waals surface area (Å²) < 4.78 is 12.9. The van der Waals surface area contributed by atoms with Gasteiger partial charge in [-0.15, -0.1) is 0 Å². The fraction of sp³-hybridized carbons (Fsp3) is 0.273.